The highest BCUT2D eigenvalue weighted by molar-refractivity contribution is 7.17. The number of fused-ring (bicyclic) bond motifs is 1. The molecule has 0 amide bonds. The van der Waals surface area contributed by atoms with Gasteiger partial charge in [-0.1, -0.05) is 0 Å². The van der Waals surface area contributed by atoms with Crippen LogP contribution in [0.3, 0.4) is 0 Å². The Labute approximate surface area is 83.2 Å². The number of nitrogen functional groups attached to an aromatic ring is 1. The number of hydrogen-bond acceptors (Lipinski definition) is 4. The molecule has 0 aliphatic heterocycles. The molecule has 2 rings (SSSR count). The molecular weight excluding hydrogens is 202 g/mol. The lowest BCUT2D eigenvalue weighted by molar-refractivity contribution is 0.0699. The van der Waals surface area contributed by atoms with Gasteiger partial charge in [0, 0.05) is 10.1 Å². The zero-order valence-corrected chi connectivity index (χ0v) is 7.84. The molecule has 0 saturated heterocycles. The molecule has 4 N–H and O–H groups in total. The molecule has 0 bridgehead atoms. The minimum Gasteiger partial charge on any atom is -0.505 e. The van der Waals surface area contributed by atoms with Gasteiger partial charge < -0.3 is 15.9 Å². The number of rotatable bonds is 1. The Morgan fingerprint density at radius 1 is 1.43 bits per heavy atom. The fourth-order valence-corrected chi connectivity index (χ4v) is 2.22. The van der Waals surface area contributed by atoms with Crippen molar-refractivity contribution in [2.24, 2.45) is 0 Å². The standard InChI is InChI=1S/C9H7NO3S/c10-5-1-2-6-7(8(5)11)4(3-14-6)9(12)13/h1-3,11H,10H2,(H,12,13). The lowest BCUT2D eigenvalue weighted by Gasteiger charge is -2.00. The molecule has 0 aliphatic carbocycles. The fraction of sp³-hybridized carbons (Fsp3) is 0. The van der Waals surface area contributed by atoms with Crippen LogP contribution in [0.2, 0.25) is 0 Å². The number of benzene rings is 1. The predicted molar refractivity (Wildman–Crippen MR) is 54.9 cm³/mol. The molecule has 0 radical (unpaired) electrons. The smallest absolute Gasteiger partial charge is 0.337 e. The van der Waals surface area contributed by atoms with E-state index in [4.69, 9.17) is 10.8 Å². The third-order valence-corrected chi connectivity index (χ3v) is 2.92. The molecule has 0 fully saturated rings. The highest BCUT2D eigenvalue weighted by Gasteiger charge is 2.15. The molecule has 72 valence electrons. The molecule has 14 heavy (non-hydrogen) atoms. The summed E-state index contributed by atoms with van der Waals surface area (Å²) < 4.78 is 0.717. The Bertz CT molecular complexity index is 518. The zero-order chi connectivity index (χ0) is 10.3. The van der Waals surface area contributed by atoms with Crippen LogP contribution in [-0.4, -0.2) is 16.2 Å². The van der Waals surface area contributed by atoms with E-state index in [1.165, 1.54) is 16.7 Å². The molecular formula is C9H7NO3S. The summed E-state index contributed by atoms with van der Waals surface area (Å²) in [6.07, 6.45) is 0. The molecule has 0 atom stereocenters. The first-order chi connectivity index (χ1) is 6.61. The van der Waals surface area contributed by atoms with E-state index >= 15 is 0 Å². The number of phenolic OH excluding ortho intramolecular Hbond substituents is 1. The number of nitrogens with two attached hydrogens (primary N) is 1. The third-order valence-electron chi connectivity index (χ3n) is 1.97. The van der Waals surface area contributed by atoms with Crippen LogP contribution in [0.1, 0.15) is 10.4 Å². The van der Waals surface area contributed by atoms with Gasteiger partial charge in [-0.15, -0.1) is 11.3 Å². The molecule has 0 saturated carbocycles. The SMILES string of the molecule is Nc1ccc2scc(C(=O)O)c2c1O. The quantitative estimate of drug-likeness (QED) is 0.494. The molecule has 0 unspecified atom stereocenters. The number of carboxylic acids is 1. The van der Waals surface area contributed by atoms with Crippen molar-refractivity contribution in [3.05, 3.63) is 23.1 Å². The molecule has 0 aliphatic rings. The Morgan fingerprint density at radius 2 is 2.14 bits per heavy atom. The van der Waals surface area contributed by atoms with Gasteiger partial charge in [0.05, 0.1) is 16.6 Å². The number of aromatic carboxylic acids is 1. The van der Waals surface area contributed by atoms with Crippen LogP contribution >= 0.6 is 11.3 Å². The van der Waals surface area contributed by atoms with E-state index in [0.717, 1.165) is 0 Å². The molecule has 1 aromatic carbocycles. The summed E-state index contributed by atoms with van der Waals surface area (Å²) in [5.74, 6) is -1.21. The summed E-state index contributed by atoms with van der Waals surface area (Å²) in [4.78, 5) is 10.8. The highest BCUT2D eigenvalue weighted by Crippen LogP contribution is 2.36. The van der Waals surface area contributed by atoms with E-state index in [9.17, 15) is 9.90 Å². The first kappa shape index (κ1) is 8.83. The topological polar surface area (TPSA) is 83.6 Å². The average Bonchev–Trinajstić information content (AvgIpc) is 2.55. The van der Waals surface area contributed by atoms with Gasteiger partial charge in [0.25, 0.3) is 0 Å². The number of anilines is 1. The normalized spacial score (nSPS) is 10.6. The van der Waals surface area contributed by atoms with E-state index in [2.05, 4.69) is 0 Å². The average molecular weight is 209 g/mol. The maximum atomic E-state index is 10.8. The lowest BCUT2D eigenvalue weighted by Crippen LogP contribution is -1.94. The van der Waals surface area contributed by atoms with Gasteiger partial charge in [0.2, 0.25) is 0 Å². The van der Waals surface area contributed by atoms with Gasteiger partial charge in [0.15, 0.2) is 0 Å². The van der Waals surface area contributed by atoms with E-state index in [-0.39, 0.29) is 17.0 Å². The molecule has 2 aromatic rings. The van der Waals surface area contributed by atoms with Crippen LogP contribution in [0.4, 0.5) is 5.69 Å². The summed E-state index contributed by atoms with van der Waals surface area (Å²) >= 11 is 1.27. The summed E-state index contributed by atoms with van der Waals surface area (Å²) in [6.45, 7) is 0. The van der Waals surface area contributed by atoms with Crippen molar-refractivity contribution < 1.29 is 15.0 Å². The Balaban J connectivity index is 2.89. The van der Waals surface area contributed by atoms with Crippen LogP contribution in [0.15, 0.2) is 17.5 Å². The zero-order valence-electron chi connectivity index (χ0n) is 7.02. The summed E-state index contributed by atoms with van der Waals surface area (Å²) in [6, 6.07) is 3.25. The second-order valence-electron chi connectivity index (χ2n) is 2.83. The lowest BCUT2D eigenvalue weighted by atomic mass is 10.1. The predicted octanol–water partition coefficient (Wildman–Crippen LogP) is 1.89. The van der Waals surface area contributed by atoms with E-state index in [1.807, 2.05) is 0 Å². The largest absolute Gasteiger partial charge is 0.505 e. The minimum atomic E-state index is -1.06. The molecule has 5 heteroatoms. The minimum absolute atomic E-state index is 0.0924. The first-order valence-corrected chi connectivity index (χ1v) is 4.71. The van der Waals surface area contributed by atoms with Crippen LogP contribution in [0, 0.1) is 0 Å². The second-order valence-corrected chi connectivity index (χ2v) is 3.74. The van der Waals surface area contributed by atoms with Gasteiger partial charge in [-0.3, -0.25) is 0 Å². The van der Waals surface area contributed by atoms with Crippen molar-refractivity contribution >= 4 is 33.1 Å². The summed E-state index contributed by atoms with van der Waals surface area (Å²) in [5.41, 5.74) is 5.76. The molecule has 0 spiro atoms. The summed E-state index contributed by atoms with van der Waals surface area (Å²) in [7, 11) is 0. The van der Waals surface area contributed by atoms with Gasteiger partial charge in [-0.2, -0.15) is 0 Å². The van der Waals surface area contributed by atoms with Gasteiger partial charge in [0.1, 0.15) is 5.75 Å². The fourth-order valence-electron chi connectivity index (χ4n) is 1.29. The van der Waals surface area contributed by atoms with Gasteiger partial charge in [-0.05, 0) is 12.1 Å². The molecule has 1 heterocycles. The maximum absolute atomic E-state index is 10.8. The number of phenols is 1. The van der Waals surface area contributed by atoms with E-state index in [1.54, 1.807) is 12.1 Å². The second kappa shape index (κ2) is 2.88. The van der Waals surface area contributed by atoms with Gasteiger partial charge >= 0.3 is 5.97 Å². The van der Waals surface area contributed by atoms with Crippen LogP contribution in [-0.2, 0) is 0 Å². The molecule has 1 aromatic heterocycles. The number of thiophene rings is 1. The highest BCUT2D eigenvalue weighted by atomic mass is 32.1. The Morgan fingerprint density at radius 3 is 2.79 bits per heavy atom. The van der Waals surface area contributed by atoms with Crippen LogP contribution in [0.5, 0.6) is 5.75 Å². The number of aromatic hydroxyl groups is 1. The van der Waals surface area contributed by atoms with Crippen molar-refractivity contribution in [1.29, 1.82) is 0 Å². The number of carbonyl (C=O) groups is 1. The third kappa shape index (κ3) is 1.10. The van der Waals surface area contributed by atoms with E-state index in [0.29, 0.717) is 10.1 Å². The summed E-state index contributed by atoms with van der Waals surface area (Å²) in [5, 5.41) is 20.3. The van der Waals surface area contributed by atoms with Crippen LogP contribution < -0.4 is 5.73 Å². The van der Waals surface area contributed by atoms with E-state index < -0.39 is 5.97 Å². The number of hydrogen-bond donors (Lipinski definition) is 3. The molecule has 4 nitrogen and oxygen atoms in total. The Hall–Kier alpha value is -1.75. The number of carboxylic acid groups (broad SMARTS) is 1. The van der Waals surface area contributed by atoms with Crippen molar-refractivity contribution in [3.8, 4) is 5.75 Å². The van der Waals surface area contributed by atoms with Crippen molar-refractivity contribution in [3.63, 3.8) is 0 Å². The van der Waals surface area contributed by atoms with Gasteiger partial charge in [-0.25, -0.2) is 4.79 Å². The first-order valence-electron chi connectivity index (χ1n) is 3.83. The van der Waals surface area contributed by atoms with Crippen molar-refractivity contribution in [1.82, 2.24) is 0 Å². The van der Waals surface area contributed by atoms with Crippen molar-refractivity contribution in [2.45, 2.75) is 0 Å². The Kier molecular flexibility index (Phi) is 1.82. The monoisotopic (exact) mass is 209 g/mol. The van der Waals surface area contributed by atoms with Crippen molar-refractivity contribution in [2.75, 3.05) is 5.73 Å². The maximum Gasteiger partial charge on any atom is 0.337 e. The van der Waals surface area contributed by atoms with Crippen LogP contribution in [0.25, 0.3) is 10.1 Å².